The Balaban J connectivity index is 1.67. The molecule has 2 fully saturated rings. The standard InChI is InChI=1S/C20H32/c1-3-5-17-7-11-19(12-8-17)15-16-20-13-9-18(6-4-2)10-14-20/h3-4,15-20H,1-2,5-14H2/b16-15+/t17-,18-,19-,20-. The van der Waals surface area contributed by atoms with Gasteiger partial charge in [0.05, 0.1) is 0 Å². The summed E-state index contributed by atoms with van der Waals surface area (Å²) in [6, 6.07) is 0. The molecule has 0 bridgehead atoms. The van der Waals surface area contributed by atoms with Gasteiger partial charge in [0, 0.05) is 0 Å². The maximum Gasteiger partial charge on any atom is -0.0233 e. The van der Waals surface area contributed by atoms with E-state index in [-0.39, 0.29) is 0 Å². The van der Waals surface area contributed by atoms with Gasteiger partial charge in [0.15, 0.2) is 0 Å². The molecule has 0 spiro atoms. The molecule has 112 valence electrons. The van der Waals surface area contributed by atoms with E-state index in [1.807, 2.05) is 0 Å². The van der Waals surface area contributed by atoms with Crippen molar-refractivity contribution in [2.45, 2.75) is 64.2 Å². The van der Waals surface area contributed by atoms with E-state index in [0.29, 0.717) is 0 Å². The lowest BCUT2D eigenvalue weighted by Crippen LogP contribution is -2.14. The summed E-state index contributed by atoms with van der Waals surface area (Å²) in [6.07, 6.45) is 23.0. The molecule has 0 aromatic heterocycles. The lowest BCUT2D eigenvalue weighted by Gasteiger charge is -2.28. The summed E-state index contributed by atoms with van der Waals surface area (Å²) >= 11 is 0. The largest absolute Gasteiger partial charge is 0.103 e. The summed E-state index contributed by atoms with van der Waals surface area (Å²) in [5.41, 5.74) is 0. The van der Waals surface area contributed by atoms with Gasteiger partial charge >= 0.3 is 0 Å². The van der Waals surface area contributed by atoms with Crippen molar-refractivity contribution < 1.29 is 0 Å². The highest BCUT2D eigenvalue weighted by Crippen LogP contribution is 2.34. The molecule has 0 heterocycles. The number of hydrogen-bond donors (Lipinski definition) is 0. The van der Waals surface area contributed by atoms with Crippen LogP contribution in [0.3, 0.4) is 0 Å². The third-order valence-corrected chi connectivity index (χ3v) is 5.44. The molecule has 2 rings (SSSR count). The predicted molar refractivity (Wildman–Crippen MR) is 89.7 cm³/mol. The van der Waals surface area contributed by atoms with E-state index in [2.05, 4.69) is 37.5 Å². The summed E-state index contributed by atoms with van der Waals surface area (Å²) < 4.78 is 0. The summed E-state index contributed by atoms with van der Waals surface area (Å²) in [6.45, 7) is 7.74. The molecule has 0 saturated heterocycles. The fourth-order valence-electron chi connectivity index (χ4n) is 4.02. The smallest absolute Gasteiger partial charge is 0.0233 e. The second-order valence-electron chi connectivity index (χ2n) is 7.00. The van der Waals surface area contributed by atoms with Crippen molar-refractivity contribution in [1.29, 1.82) is 0 Å². The van der Waals surface area contributed by atoms with Crippen LogP contribution in [0.25, 0.3) is 0 Å². The van der Waals surface area contributed by atoms with Crippen molar-refractivity contribution in [3.8, 4) is 0 Å². The molecule has 0 radical (unpaired) electrons. The third-order valence-electron chi connectivity index (χ3n) is 5.44. The molecule has 0 nitrogen and oxygen atoms in total. The Morgan fingerprint density at radius 3 is 1.25 bits per heavy atom. The van der Waals surface area contributed by atoms with Crippen LogP contribution >= 0.6 is 0 Å². The average molecular weight is 272 g/mol. The van der Waals surface area contributed by atoms with Crippen molar-refractivity contribution in [1.82, 2.24) is 0 Å². The maximum absolute atomic E-state index is 3.87. The van der Waals surface area contributed by atoms with Gasteiger partial charge in [-0.1, -0.05) is 24.3 Å². The van der Waals surface area contributed by atoms with Gasteiger partial charge in [0.1, 0.15) is 0 Å². The Labute approximate surface area is 126 Å². The molecule has 0 atom stereocenters. The Kier molecular flexibility index (Phi) is 6.63. The Morgan fingerprint density at radius 1 is 0.600 bits per heavy atom. The highest BCUT2D eigenvalue weighted by atomic mass is 14.3. The van der Waals surface area contributed by atoms with Crippen molar-refractivity contribution in [3.05, 3.63) is 37.5 Å². The molecule has 20 heavy (non-hydrogen) atoms. The SMILES string of the molecule is C=CC[C@H]1CC[C@H](/C=C/[C@H]2CC[C@H](CC=C)CC2)CC1. The normalized spacial score (nSPS) is 35.0. The highest BCUT2D eigenvalue weighted by molar-refractivity contribution is 4.97. The number of allylic oxidation sites excluding steroid dienone is 4. The molecule has 2 aliphatic carbocycles. The predicted octanol–water partition coefficient (Wildman–Crippen LogP) is 6.31. The van der Waals surface area contributed by atoms with Crippen LogP contribution in [0.15, 0.2) is 37.5 Å². The van der Waals surface area contributed by atoms with E-state index in [0.717, 1.165) is 23.7 Å². The van der Waals surface area contributed by atoms with E-state index < -0.39 is 0 Å². The van der Waals surface area contributed by atoms with Gasteiger partial charge in [0.25, 0.3) is 0 Å². The average Bonchev–Trinajstić information content (AvgIpc) is 2.49. The summed E-state index contributed by atoms with van der Waals surface area (Å²) in [4.78, 5) is 0. The van der Waals surface area contributed by atoms with Gasteiger partial charge in [-0.2, -0.15) is 0 Å². The van der Waals surface area contributed by atoms with Crippen LogP contribution in [0.1, 0.15) is 64.2 Å². The molecule has 0 heteroatoms. The van der Waals surface area contributed by atoms with Crippen molar-refractivity contribution >= 4 is 0 Å². The molecule has 0 aliphatic heterocycles. The zero-order valence-corrected chi connectivity index (χ0v) is 13.1. The first-order chi connectivity index (χ1) is 9.81. The van der Waals surface area contributed by atoms with Gasteiger partial charge in [-0.05, 0) is 87.9 Å². The lowest BCUT2D eigenvalue weighted by molar-refractivity contribution is 0.301. The van der Waals surface area contributed by atoms with Gasteiger partial charge in [-0.15, -0.1) is 13.2 Å². The highest BCUT2D eigenvalue weighted by Gasteiger charge is 2.20. The first-order valence-corrected chi connectivity index (χ1v) is 8.72. The van der Waals surface area contributed by atoms with Gasteiger partial charge < -0.3 is 0 Å². The van der Waals surface area contributed by atoms with Crippen LogP contribution in [0.5, 0.6) is 0 Å². The van der Waals surface area contributed by atoms with Crippen molar-refractivity contribution in [2.24, 2.45) is 23.7 Å². The fourth-order valence-corrected chi connectivity index (χ4v) is 4.02. The Hall–Kier alpha value is -0.780. The van der Waals surface area contributed by atoms with Gasteiger partial charge in [0.2, 0.25) is 0 Å². The Morgan fingerprint density at radius 2 is 0.950 bits per heavy atom. The van der Waals surface area contributed by atoms with Crippen LogP contribution in [0.2, 0.25) is 0 Å². The first-order valence-electron chi connectivity index (χ1n) is 8.72. The molecule has 0 unspecified atom stereocenters. The van der Waals surface area contributed by atoms with Crippen molar-refractivity contribution in [3.63, 3.8) is 0 Å². The minimum absolute atomic E-state index is 0.863. The Bertz CT molecular complexity index is 277. The molecular formula is C20H32. The quantitative estimate of drug-likeness (QED) is 0.497. The molecule has 0 aromatic carbocycles. The van der Waals surface area contributed by atoms with E-state index in [4.69, 9.17) is 0 Å². The number of rotatable bonds is 6. The first kappa shape index (κ1) is 15.6. The maximum atomic E-state index is 3.87. The topological polar surface area (TPSA) is 0 Å². The molecule has 0 N–H and O–H groups in total. The molecule has 0 amide bonds. The lowest BCUT2D eigenvalue weighted by atomic mass is 9.78. The molecule has 2 saturated carbocycles. The minimum Gasteiger partial charge on any atom is -0.103 e. The van der Waals surface area contributed by atoms with Gasteiger partial charge in [-0.25, -0.2) is 0 Å². The second kappa shape index (κ2) is 8.49. The van der Waals surface area contributed by atoms with Crippen LogP contribution < -0.4 is 0 Å². The zero-order valence-electron chi connectivity index (χ0n) is 13.1. The summed E-state index contributed by atoms with van der Waals surface area (Å²) in [5, 5.41) is 0. The zero-order chi connectivity index (χ0) is 14.2. The van der Waals surface area contributed by atoms with Crippen LogP contribution in [-0.2, 0) is 0 Å². The number of hydrogen-bond acceptors (Lipinski definition) is 0. The minimum atomic E-state index is 0.863. The monoisotopic (exact) mass is 272 g/mol. The van der Waals surface area contributed by atoms with Crippen LogP contribution in [-0.4, -0.2) is 0 Å². The van der Waals surface area contributed by atoms with Gasteiger partial charge in [-0.3, -0.25) is 0 Å². The van der Waals surface area contributed by atoms with Crippen molar-refractivity contribution in [2.75, 3.05) is 0 Å². The van der Waals surface area contributed by atoms with E-state index in [1.165, 1.54) is 64.2 Å². The third kappa shape index (κ3) is 4.96. The van der Waals surface area contributed by atoms with E-state index >= 15 is 0 Å². The van der Waals surface area contributed by atoms with Crippen LogP contribution in [0, 0.1) is 23.7 Å². The molecular weight excluding hydrogens is 240 g/mol. The van der Waals surface area contributed by atoms with E-state index in [1.54, 1.807) is 0 Å². The summed E-state index contributed by atoms with van der Waals surface area (Å²) in [5.74, 6) is 3.57. The second-order valence-corrected chi connectivity index (χ2v) is 7.00. The fraction of sp³-hybridized carbons (Fsp3) is 0.700. The summed E-state index contributed by atoms with van der Waals surface area (Å²) in [7, 11) is 0. The molecule has 0 aromatic rings. The van der Waals surface area contributed by atoms with Crippen LogP contribution in [0.4, 0.5) is 0 Å². The molecule has 2 aliphatic rings. The van der Waals surface area contributed by atoms with E-state index in [9.17, 15) is 0 Å².